The third-order valence-corrected chi connectivity index (χ3v) is 2.05. The molecule has 0 saturated carbocycles. The molecule has 1 fully saturated rings. The van der Waals surface area contributed by atoms with Crippen LogP contribution in [0.5, 0.6) is 0 Å². The lowest BCUT2D eigenvalue weighted by atomic mass is 10.1. The fourth-order valence-electron chi connectivity index (χ4n) is 1.51. The lowest BCUT2D eigenvalue weighted by molar-refractivity contribution is 0.0911. The van der Waals surface area contributed by atoms with Crippen LogP contribution in [0, 0.1) is 0 Å². The van der Waals surface area contributed by atoms with Gasteiger partial charge >= 0.3 is 6.09 Å². The number of amides is 1. The Labute approximate surface area is 66.2 Å². The second-order valence-corrected chi connectivity index (χ2v) is 3.05. The summed E-state index contributed by atoms with van der Waals surface area (Å²) in [5.41, 5.74) is 0. The molecule has 1 aliphatic heterocycles. The number of piperazine rings is 1. The first-order valence-electron chi connectivity index (χ1n) is 3.85. The van der Waals surface area contributed by atoms with Gasteiger partial charge in [-0.1, -0.05) is 0 Å². The van der Waals surface area contributed by atoms with Crippen molar-refractivity contribution in [3.8, 4) is 0 Å². The predicted molar refractivity (Wildman–Crippen MR) is 41.7 cm³/mol. The largest absolute Gasteiger partial charge is 0.465 e. The molecular weight excluding hydrogens is 144 g/mol. The Balaban J connectivity index is 2.62. The summed E-state index contributed by atoms with van der Waals surface area (Å²) in [6, 6.07) is 0.187. The smallest absolute Gasteiger partial charge is 0.407 e. The molecule has 4 nitrogen and oxygen atoms in total. The van der Waals surface area contributed by atoms with E-state index in [-0.39, 0.29) is 12.1 Å². The Morgan fingerprint density at radius 1 is 1.45 bits per heavy atom. The van der Waals surface area contributed by atoms with E-state index in [9.17, 15) is 4.79 Å². The van der Waals surface area contributed by atoms with Crippen LogP contribution in [0.3, 0.4) is 0 Å². The number of carbonyl (C=O) groups is 1. The maximum atomic E-state index is 10.7. The highest BCUT2D eigenvalue weighted by Gasteiger charge is 2.27. The standard InChI is InChI=1S/C7H14N2O2/c1-5-3-8-4-6(2)9(5)7(10)11/h5-6,8H,3-4H2,1-2H3,(H,10,11). The first-order chi connectivity index (χ1) is 5.13. The fraction of sp³-hybridized carbons (Fsp3) is 0.857. The molecule has 0 aromatic rings. The van der Waals surface area contributed by atoms with E-state index in [4.69, 9.17) is 5.11 Å². The van der Waals surface area contributed by atoms with E-state index in [1.807, 2.05) is 13.8 Å². The second-order valence-electron chi connectivity index (χ2n) is 3.05. The van der Waals surface area contributed by atoms with Crippen molar-refractivity contribution in [3.63, 3.8) is 0 Å². The highest BCUT2D eigenvalue weighted by atomic mass is 16.4. The average Bonchev–Trinajstić information content (AvgIpc) is 1.85. The Morgan fingerprint density at radius 3 is 2.18 bits per heavy atom. The summed E-state index contributed by atoms with van der Waals surface area (Å²) >= 11 is 0. The van der Waals surface area contributed by atoms with Gasteiger partial charge in [-0.3, -0.25) is 0 Å². The Hall–Kier alpha value is -0.770. The van der Waals surface area contributed by atoms with Crippen LogP contribution in [0.15, 0.2) is 0 Å². The molecule has 11 heavy (non-hydrogen) atoms. The number of nitrogens with zero attached hydrogens (tertiary/aromatic N) is 1. The Bertz CT molecular complexity index is 151. The van der Waals surface area contributed by atoms with Gasteiger partial charge in [0.05, 0.1) is 0 Å². The molecule has 2 unspecified atom stereocenters. The summed E-state index contributed by atoms with van der Waals surface area (Å²) in [4.78, 5) is 12.2. The maximum absolute atomic E-state index is 10.7. The molecule has 0 aromatic heterocycles. The number of hydrogen-bond donors (Lipinski definition) is 2. The van der Waals surface area contributed by atoms with Crippen LogP contribution in [-0.2, 0) is 0 Å². The highest BCUT2D eigenvalue weighted by Crippen LogP contribution is 2.08. The highest BCUT2D eigenvalue weighted by molar-refractivity contribution is 5.66. The molecule has 0 radical (unpaired) electrons. The van der Waals surface area contributed by atoms with E-state index in [1.165, 1.54) is 4.90 Å². The second kappa shape index (κ2) is 3.09. The number of hydrogen-bond acceptors (Lipinski definition) is 2. The molecule has 4 heteroatoms. The van der Waals surface area contributed by atoms with Gasteiger partial charge in [-0.2, -0.15) is 0 Å². The van der Waals surface area contributed by atoms with Gasteiger partial charge < -0.3 is 15.3 Å². The molecule has 0 aromatic carbocycles. The third kappa shape index (κ3) is 1.63. The van der Waals surface area contributed by atoms with Crippen LogP contribution < -0.4 is 5.32 Å². The average molecular weight is 158 g/mol. The molecule has 64 valence electrons. The maximum Gasteiger partial charge on any atom is 0.407 e. The molecular formula is C7H14N2O2. The van der Waals surface area contributed by atoms with E-state index in [2.05, 4.69) is 5.32 Å². The van der Waals surface area contributed by atoms with Crippen molar-refractivity contribution < 1.29 is 9.90 Å². The minimum atomic E-state index is -0.813. The van der Waals surface area contributed by atoms with Crippen molar-refractivity contribution in [2.45, 2.75) is 25.9 Å². The molecule has 1 aliphatic rings. The summed E-state index contributed by atoms with van der Waals surface area (Å²) in [5, 5.41) is 11.9. The molecule has 0 bridgehead atoms. The normalized spacial score (nSPS) is 32.0. The summed E-state index contributed by atoms with van der Waals surface area (Å²) in [6.07, 6.45) is -0.813. The van der Waals surface area contributed by atoms with Gasteiger partial charge in [0.25, 0.3) is 0 Å². The predicted octanol–water partition coefficient (Wildman–Crippen LogP) is 0.347. The van der Waals surface area contributed by atoms with Crippen molar-refractivity contribution in [2.24, 2.45) is 0 Å². The van der Waals surface area contributed by atoms with Crippen LogP contribution in [0.4, 0.5) is 4.79 Å². The molecule has 2 atom stereocenters. The number of carboxylic acid groups (broad SMARTS) is 1. The summed E-state index contributed by atoms with van der Waals surface area (Å²) in [7, 11) is 0. The van der Waals surface area contributed by atoms with E-state index >= 15 is 0 Å². The first kappa shape index (κ1) is 8.33. The number of nitrogens with one attached hydrogen (secondary N) is 1. The van der Waals surface area contributed by atoms with E-state index in [0.717, 1.165) is 13.1 Å². The summed E-state index contributed by atoms with van der Waals surface area (Å²) < 4.78 is 0. The zero-order valence-corrected chi connectivity index (χ0v) is 6.87. The zero-order valence-electron chi connectivity index (χ0n) is 6.87. The van der Waals surface area contributed by atoms with Gasteiger partial charge in [-0.15, -0.1) is 0 Å². The van der Waals surface area contributed by atoms with Gasteiger partial charge in [0.1, 0.15) is 0 Å². The first-order valence-corrected chi connectivity index (χ1v) is 3.85. The molecule has 0 spiro atoms. The van der Waals surface area contributed by atoms with E-state index in [0.29, 0.717) is 0 Å². The van der Waals surface area contributed by atoms with E-state index in [1.54, 1.807) is 0 Å². The lowest BCUT2D eigenvalue weighted by Gasteiger charge is -2.37. The molecule has 1 heterocycles. The van der Waals surface area contributed by atoms with Crippen molar-refractivity contribution in [3.05, 3.63) is 0 Å². The molecule has 0 aliphatic carbocycles. The Morgan fingerprint density at radius 2 is 1.91 bits per heavy atom. The number of rotatable bonds is 0. The van der Waals surface area contributed by atoms with Crippen LogP contribution in [0.1, 0.15) is 13.8 Å². The van der Waals surface area contributed by atoms with Crippen LogP contribution in [0.25, 0.3) is 0 Å². The minimum absolute atomic E-state index is 0.0937. The van der Waals surface area contributed by atoms with Crippen molar-refractivity contribution >= 4 is 6.09 Å². The van der Waals surface area contributed by atoms with Crippen molar-refractivity contribution in [2.75, 3.05) is 13.1 Å². The monoisotopic (exact) mass is 158 g/mol. The third-order valence-electron chi connectivity index (χ3n) is 2.05. The quantitative estimate of drug-likeness (QED) is 0.534. The van der Waals surface area contributed by atoms with Crippen molar-refractivity contribution in [1.82, 2.24) is 10.2 Å². The summed E-state index contributed by atoms with van der Waals surface area (Å²) in [6.45, 7) is 5.35. The SMILES string of the molecule is CC1CNCC(C)N1C(=O)O. The molecule has 1 rings (SSSR count). The molecule has 2 N–H and O–H groups in total. The van der Waals surface area contributed by atoms with Gasteiger partial charge in [0.15, 0.2) is 0 Å². The Kier molecular flexibility index (Phi) is 2.34. The van der Waals surface area contributed by atoms with E-state index < -0.39 is 6.09 Å². The van der Waals surface area contributed by atoms with Gasteiger partial charge in [0.2, 0.25) is 0 Å². The lowest BCUT2D eigenvalue weighted by Crippen LogP contribution is -2.56. The van der Waals surface area contributed by atoms with Gasteiger partial charge in [-0.05, 0) is 13.8 Å². The molecule has 1 saturated heterocycles. The van der Waals surface area contributed by atoms with Crippen LogP contribution >= 0.6 is 0 Å². The van der Waals surface area contributed by atoms with Crippen LogP contribution in [-0.4, -0.2) is 41.3 Å². The van der Waals surface area contributed by atoms with Gasteiger partial charge in [0, 0.05) is 25.2 Å². The van der Waals surface area contributed by atoms with Crippen LogP contribution in [0.2, 0.25) is 0 Å². The fourth-order valence-corrected chi connectivity index (χ4v) is 1.51. The zero-order chi connectivity index (χ0) is 8.43. The van der Waals surface area contributed by atoms with Gasteiger partial charge in [-0.25, -0.2) is 4.79 Å². The van der Waals surface area contributed by atoms with Crippen molar-refractivity contribution in [1.29, 1.82) is 0 Å². The minimum Gasteiger partial charge on any atom is -0.465 e. The topological polar surface area (TPSA) is 52.6 Å². The molecule has 1 amide bonds. The summed E-state index contributed by atoms with van der Waals surface area (Å²) in [5.74, 6) is 0.